The molecular formula is C18H22FN3O2. The van der Waals surface area contributed by atoms with Crippen LogP contribution in [0.4, 0.5) is 4.39 Å². The number of benzene rings is 1. The third-order valence-corrected chi connectivity index (χ3v) is 4.64. The van der Waals surface area contributed by atoms with Crippen LogP contribution in [0.25, 0.3) is 5.69 Å². The van der Waals surface area contributed by atoms with E-state index in [1.54, 1.807) is 41.8 Å². The van der Waals surface area contributed by atoms with Crippen LogP contribution in [0.15, 0.2) is 30.5 Å². The lowest BCUT2D eigenvalue weighted by Crippen LogP contribution is -2.48. The van der Waals surface area contributed by atoms with Crippen molar-refractivity contribution in [1.29, 1.82) is 0 Å². The van der Waals surface area contributed by atoms with Crippen LogP contribution in [-0.2, 0) is 0 Å². The third kappa shape index (κ3) is 2.94. The summed E-state index contributed by atoms with van der Waals surface area (Å²) in [6, 6.07) is 5.78. The average molecular weight is 331 g/mol. The maximum Gasteiger partial charge on any atom is 0.257 e. The van der Waals surface area contributed by atoms with Gasteiger partial charge in [0.25, 0.3) is 5.91 Å². The van der Waals surface area contributed by atoms with Crippen molar-refractivity contribution in [3.63, 3.8) is 0 Å². The lowest BCUT2D eigenvalue weighted by atomic mass is 9.96. The van der Waals surface area contributed by atoms with Crippen molar-refractivity contribution in [3.05, 3.63) is 47.5 Å². The minimum atomic E-state index is -0.937. The van der Waals surface area contributed by atoms with Gasteiger partial charge in [0.2, 0.25) is 0 Å². The van der Waals surface area contributed by atoms with E-state index in [0.717, 1.165) is 12.8 Å². The molecule has 1 unspecified atom stereocenters. The lowest BCUT2D eigenvalue weighted by Gasteiger charge is -2.33. The summed E-state index contributed by atoms with van der Waals surface area (Å²) in [6.45, 7) is 5.92. The maximum absolute atomic E-state index is 13.1. The van der Waals surface area contributed by atoms with Gasteiger partial charge in [0.15, 0.2) is 0 Å². The molecule has 3 rings (SSSR count). The molecule has 0 aliphatic carbocycles. The minimum absolute atomic E-state index is 0.120. The quantitative estimate of drug-likeness (QED) is 0.941. The van der Waals surface area contributed by atoms with Crippen molar-refractivity contribution in [2.45, 2.75) is 45.3 Å². The predicted molar refractivity (Wildman–Crippen MR) is 88.6 cm³/mol. The number of aromatic nitrogens is 2. The molecule has 0 saturated carbocycles. The highest BCUT2D eigenvalue weighted by molar-refractivity contribution is 5.95. The monoisotopic (exact) mass is 331 g/mol. The molecule has 5 nitrogen and oxygen atoms in total. The van der Waals surface area contributed by atoms with Crippen LogP contribution in [-0.4, -0.2) is 43.9 Å². The van der Waals surface area contributed by atoms with Gasteiger partial charge in [-0.15, -0.1) is 0 Å². The maximum atomic E-state index is 13.1. The lowest BCUT2D eigenvalue weighted by molar-refractivity contribution is 0.000301. The van der Waals surface area contributed by atoms with Gasteiger partial charge in [-0.1, -0.05) is 0 Å². The Bertz CT molecular complexity index is 747. The summed E-state index contributed by atoms with van der Waals surface area (Å²) in [7, 11) is 0. The van der Waals surface area contributed by atoms with E-state index in [0.29, 0.717) is 23.5 Å². The standard InChI is InChI=1S/C18H22FN3O2/c1-12-15(11-20-22(12)14-8-6-13(19)7-9-14)17(23)21-10-4-5-16(21)18(2,3)24/h6-9,11,16,24H,4-5,10H2,1-3H3. The zero-order chi connectivity index (χ0) is 17.5. The fourth-order valence-corrected chi connectivity index (χ4v) is 3.36. The van der Waals surface area contributed by atoms with Crippen molar-refractivity contribution in [1.82, 2.24) is 14.7 Å². The second-order valence-electron chi connectivity index (χ2n) is 6.84. The summed E-state index contributed by atoms with van der Waals surface area (Å²) < 4.78 is 14.7. The SMILES string of the molecule is Cc1c(C(=O)N2CCCC2C(C)(C)O)cnn1-c1ccc(F)cc1. The molecule has 128 valence electrons. The number of carbonyl (C=O) groups excluding carboxylic acids is 1. The van der Waals surface area contributed by atoms with Crippen LogP contribution in [0.1, 0.15) is 42.7 Å². The number of rotatable bonds is 3. The molecule has 1 aromatic heterocycles. The molecule has 0 radical (unpaired) electrons. The van der Waals surface area contributed by atoms with E-state index in [-0.39, 0.29) is 17.8 Å². The number of likely N-dealkylation sites (tertiary alicyclic amines) is 1. The molecule has 1 aliphatic rings. The molecule has 2 aromatic rings. The van der Waals surface area contributed by atoms with Gasteiger partial charge in [0, 0.05) is 6.54 Å². The van der Waals surface area contributed by atoms with Crippen LogP contribution in [0.3, 0.4) is 0 Å². The Hall–Kier alpha value is -2.21. The van der Waals surface area contributed by atoms with Crippen LogP contribution < -0.4 is 0 Å². The molecule has 24 heavy (non-hydrogen) atoms. The van der Waals surface area contributed by atoms with E-state index in [4.69, 9.17) is 0 Å². The fraction of sp³-hybridized carbons (Fsp3) is 0.444. The first-order valence-electron chi connectivity index (χ1n) is 8.13. The van der Waals surface area contributed by atoms with E-state index in [2.05, 4.69) is 5.10 Å². The normalized spacial score (nSPS) is 18.2. The van der Waals surface area contributed by atoms with E-state index >= 15 is 0 Å². The number of carbonyl (C=O) groups is 1. The zero-order valence-electron chi connectivity index (χ0n) is 14.2. The van der Waals surface area contributed by atoms with Gasteiger partial charge in [0.05, 0.1) is 34.8 Å². The molecule has 1 aromatic carbocycles. The van der Waals surface area contributed by atoms with Crippen molar-refractivity contribution in [2.24, 2.45) is 0 Å². The first kappa shape index (κ1) is 16.6. The Labute approximate surface area is 140 Å². The Morgan fingerprint density at radius 3 is 2.62 bits per heavy atom. The van der Waals surface area contributed by atoms with Crippen molar-refractivity contribution >= 4 is 5.91 Å². The molecule has 1 atom stereocenters. The van der Waals surface area contributed by atoms with Gasteiger partial charge in [-0.3, -0.25) is 4.79 Å². The number of aliphatic hydroxyl groups is 1. The number of hydrogen-bond donors (Lipinski definition) is 1. The Morgan fingerprint density at radius 1 is 1.33 bits per heavy atom. The molecular weight excluding hydrogens is 309 g/mol. The molecule has 6 heteroatoms. The highest BCUT2D eigenvalue weighted by Gasteiger charge is 2.39. The van der Waals surface area contributed by atoms with Crippen molar-refractivity contribution < 1.29 is 14.3 Å². The molecule has 1 N–H and O–H groups in total. The number of hydrogen-bond acceptors (Lipinski definition) is 3. The zero-order valence-corrected chi connectivity index (χ0v) is 14.2. The predicted octanol–water partition coefficient (Wildman–Crippen LogP) is 2.70. The first-order valence-corrected chi connectivity index (χ1v) is 8.13. The molecule has 1 saturated heterocycles. The smallest absolute Gasteiger partial charge is 0.257 e. The van der Waals surface area contributed by atoms with Crippen LogP contribution in [0.5, 0.6) is 0 Å². The summed E-state index contributed by atoms with van der Waals surface area (Å²) in [5.41, 5.74) is 0.976. The number of halogens is 1. The molecule has 1 fully saturated rings. The summed E-state index contributed by atoms with van der Waals surface area (Å²) in [5.74, 6) is -0.435. The Balaban J connectivity index is 1.90. The summed E-state index contributed by atoms with van der Waals surface area (Å²) in [6.07, 6.45) is 3.21. The number of nitrogens with zero attached hydrogens (tertiary/aromatic N) is 3. The second kappa shape index (κ2) is 6.02. The van der Waals surface area contributed by atoms with E-state index in [9.17, 15) is 14.3 Å². The topological polar surface area (TPSA) is 58.4 Å². The Morgan fingerprint density at radius 2 is 2.00 bits per heavy atom. The largest absolute Gasteiger partial charge is 0.388 e. The average Bonchev–Trinajstić information content (AvgIpc) is 3.14. The van der Waals surface area contributed by atoms with E-state index in [1.807, 2.05) is 6.92 Å². The highest BCUT2D eigenvalue weighted by atomic mass is 19.1. The summed E-state index contributed by atoms with van der Waals surface area (Å²) in [5, 5.41) is 14.6. The molecule has 1 amide bonds. The van der Waals surface area contributed by atoms with Gasteiger partial charge >= 0.3 is 0 Å². The minimum Gasteiger partial charge on any atom is -0.388 e. The van der Waals surface area contributed by atoms with Crippen molar-refractivity contribution in [3.8, 4) is 5.69 Å². The Kier molecular flexibility index (Phi) is 4.17. The molecule has 2 heterocycles. The molecule has 0 bridgehead atoms. The van der Waals surface area contributed by atoms with E-state index in [1.165, 1.54) is 12.1 Å². The van der Waals surface area contributed by atoms with Crippen LogP contribution in [0, 0.1) is 12.7 Å². The van der Waals surface area contributed by atoms with Gasteiger partial charge in [0.1, 0.15) is 5.82 Å². The number of amides is 1. The molecule has 0 spiro atoms. The highest BCUT2D eigenvalue weighted by Crippen LogP contribution is 2.29. The van der Waals surface area contributed by atoms with Crippen molar-refractivity contribution in [2.75, 3.05) is 6.54 Å². The fourth-order valence-electron chi connectivity index (χ4n) is 3.36. The first-order chi connectivity index (χ1) is 11.3. The van der Waals surface area contributed by atoms with Gasteiger partial charge < -0.3 is 10.0 Å². The van der Waals surface area contributed by atoms with Gasteiger partial charge in [-0.25, -0.2) is 9.07 Å². The van der Waals surface area contributed by atoms with Crippen LogP contribution in [0.2, 0.25) is 0 Å². The second-order valence-corrected chi connectivity index (χ2v) is 6.84. The van der Waals surface area contributed by atoms with Crippen LogP contribution >= 0.6 is 0 Å². The van der Waals surface area contributed by atoms with Gasteiger partial charge in [-0.05, 0) is 57.9 Å². The third-order valence-electron chi connectivity index (χ3n) is 4.64. The molecule has 1 aliphatic heterocycles. The van der Waals surface area contributed by atoms with E-state index < -0.39 is 5.60 Å². The van der Waals surface area contributed by atoms with Gasteiger partial charge in [-0.2, -0.15) is 5.10 Å². The summed E-state index contributed by atoms with van der Waals surface area (Å²) in [4.78, 5) is 14.7. The summed E-state index contributed by atoms with van der Waals surface area (Å²) >= 11 is 0.